The number of hydrogen-bond acceptors (Lipinski definition) is 0. The van der Waals surface area contributed by atoms with Gasteiger partial charge in [-0.1, -0.05) is 94.8 Å². The van der Waals surface area contributed by atoms with Crippen molar-refractivity contribution in [3.63, 3.8) is 0 Å². The molecule has 0 fully saturated rings. The molecular formula is C36H43N. The van der Waals surface area contributed by atoms with Crippen molar-refractivity contribution in [1.29, 1.82) is 0 Å². The quantitative estimate of drug-likeness (QED) is 0.163. The summed E-state index contributed by atoms with van der Waals surface area (Å²) in [7, 11) is 0. The third-order valence-electron chi connectivity index (χ3n) is 8.10. The number of rotatable bonds is 11. The van der Waals surface area contributed by atoms with E-state index < -0.39 is 0 Å². The van der Waals surface area contributed by atoms with E-state index in [9.17, 15) is 0 Å². The molecule has 0 aliphatic rings. The van der Waals surface area contributed by atoms with E-state index in [0.29, 0.717) is 0 Å². The van der Waals surface area contributed by atoms with Gasteiger partial charge in [0.1, 0.15) is 0 Å². The summed E-state index contributed by atoms with van der Waals surface area (Å²) >= 11 is 0. The number of fused-ring (bicyclic) bond motifs is 5. The molecule has 5 aromatic rings. The van der Waals surface area contributed by atoms with Gasteiger partial charge in [0.25, 0.3) is 0 Å². The summed E-state index contributed by atoms with van der Waals surface area (Å²) in [5.74, 6) is 0. The molecule has 1 aromatic heterocycles. The molecule has 0 spiro atoms. The van der Waals surface area contributed by atoms with Crippen LogP contribution in [-0.2, 0) is 12.8 Å². The Morgan fingerprint density at radius 3 is 1.92 bits per heavy atom. The average molecular weight is 490 g/mol. The zero-order valence-electron chi connectivity index (χ0n) is 23.4. The minimum absolute atomic E-state index is 1.17. The molecule has 192 valence electrons. The first kappa shape index (κ1) is 25.6. The van der Waals surface area contributed by atoms with Crippen LogP contribution < -0.4 is 0 Å². The van der Waals surface area contributed by atoms with Gasteiger partial charge >= 0.3 is 0 Å². The van der Waals surface area contributed by atoms with Crippen molar-refractivity contribution in [2.45, 2.75) is 91.9 Å². The molecule has 37 heavy (non-hydrogen) atoms. The van der Waals surface area contributed by atoms with Crippen molar-refractivity contribution in [1.82, 2.24) is 4.57 Å². The zero-order chi connectivity index (χ0) is 25.8. The molecule has 0 aliphatic heterocycles. The van der Waals surface area contributed by atoms with Crippen molar-refractivity contribution >= 4 is 32.6 Å². The van der Waals surface area contributed by atoms with Gasteiger partial charge in [-0.05, 0) is 96.8 Å². The van der Waals surface area contributed by atoms with Gasteiger partial charge in [-0.2, -0.15) is 0 Å². The smallest absolute Gasteiger partial charge is 0.0547 e. The van der Waals surface area contributed by atoms with Crippen LogP contribution >= 0.6 is 0 Å². The molecule has 0 unspecified atom stereocenters. The molecule has 0 bridgehead atoms. The summed E-state index contributed by atoms with van der Waals surface area (Å²) < 4.78 is 2.55. The van der Waals surface area contributed by atoms with Crippen LogP contribution in [0.5, 0.6) is 0 Å². The molecule has 0 N–H and O–H groups in total. The second-order valence-electron chi connectivity index (χ2n) is 11.1. The summed E-state index contributed by atoms with van der Waals surface area (Å²) in [6, 6.07) is 25.9. The van der Waals surface area contributed by atoms with Gasteiger partial charge in [0.2, 0.25) is 0 Å². The maximum Gasteiger partial charge on any atom is 0.0547 e. The van der Waals surface area contributed by atoms with E-state index in [1.807, 2.05) is 0 Å². The van der Waals surface area contributed by atoms with Crippen molar-refractivity contribution in [2.75, 3.05) is 0 Å². The van der Waals surface area contributed by atoms with Gasteiger partial charge in [0.05, 0.1) is 11.0 Å². The van der Waals surface area contributed by atoms with Crippen molar-refractivity contribution in [3.05, 3.63) is 89.0 Å². The third-order valence-corrected chi connectivity index (χ3v) is 8.10. The number of nitrogens with zero attached hydrogens (tertiary/aromatic N) is 1. The molecule has 4 aromatic carbocycles. The number of aryl methyl sites for hydroxylation is 4. The molecule has 0 aliphatic carbocycles. The van der Waals surface area contributed by atoms with E-state index >= 15 is 0 Å². The Hall–Kier alpha value is -3.06. The summed E-state index contributed by atoms with van der Waals surface area (Å²) in [5.41, 5.74) is 9.62. The molecule has 0 saturated carbocycles. The van der Waals surface area contributed by atoms with Crippen LogP contribution in [0.4, 0.5) is 0 Å². The zero-order valence-corrected chi connectivity index (χ0v) is 23.4. The Balaban J connectivity index is 1.69. The van der Waals surface area contributed by atoms with Crippen molar-refractivity contribution in [3.8, 4) is 5.69 Å². The van der Waals surface area contributed by atoms with E-state index in [0.717, 1.165) is 0 Å². The molecule has 5 rings (SSSR count). The monoisotopic (exact) mass is 489 g/mol. The third kappa shape index (κ3) is 5.33. The average Bonchev–Trinajstić information content (AvgIpc) is 3.23. The molecule has 0 radical (unpaired) electrons. The maximum atomic E-state index is 2.55. The van der Waals surface area contributed by atoms with Crippen molar-refractivity contribution < 1.29 is 0 Å². The van der Waals surface area contributed by atoms with Gasteiger partial charge in [-0.3, -0.25) is 0 Å². The summed E-state index contributed by atoms with van der Waals surface area (Å²) in [6.07, 6.45) is 12.8. The molecule has 1 heteroatoms. The lowest BCUT2D eigenvalue weighted by Gasteiger charge is -2.14. The van der Waals surface area contributed by atoms with E-state index in [2.05, 4.69) is 99.0 Å². The topological polar surface area (TPSA) is 4.93 Å². The normalized spacial score (nSPS) is 11.8. The van der Waals surface area contributed by atoms with Gasteiger partial charge in [0.15, 0.2) is 0 Å². The largest absolute Gasteiger partial charge is 0.309 e. The Morgan fingerprint density at radius 1 is 0.568 bits per heavy atom. The van der Waals surface area contributed by atoms with Crippen LogP contribution in [0, 0.1) is 13.8 Å². The van der Waals surface area contributed by atoms with Gasteiger partial charge in [-0.25, -0.2) is 0 Å². The lowest BCUT2D eigenvalue weighted by Crippen LogP contribution is -1.99. The Labute approximate surface area is 223 Å². The fraction of sp³-hybridized carbons (Fsp3) is 0.389. The predicted molar refractivity (Wildman–Crippen MR) is 163 cm³/mol. The Morgan fingerprint density at radius 2 is 1.24 bits per heavy atom. The molecule has 0 atom stereocenters. The predicted octanol–water partition coefficient (Wildman–Crippen LogP) is 10.8. The fourth-order valence-electron chi connectivity index (χ4n) is 6.09. The lowest BCUT2D eigenvalue weighted by atomic mass is 9.99. The highest BCUT2D eigenvalue weighted by Gasteiger charge is 2.16. The first-order valence-corrected chi connectivity index (χ1v) is 14.7. The van der Waals surface area contributed by atoms with Gasteiger partial charge < -0.3 is 4.57 Å². The van der Waals surface area contributed by atoms with Crippen LogP contribution in [0.15, 0.2) is 66.7 Å². The highest BCUT2D eigenvalue weighted by atomic mass is 15.0. The van der Waals surface area contributed by atoms with Crippen LogP contribution in [-0.4, -0.2) is 4.57 Å². The summed E-state index contributed by atoms with van der Waals surface area (Å²) in [6.45, 7) is 9.03. The molecule has 1 heterocycles. The first-order chi connectivity index (χ1) is 18.1. The fourth-order valence-corrected chi connectivity index (χ4v) is 6.09. The number of benzene rings is 4. The molecular weight excluding hydrogens is 446 g/mol. The number of unbranched alkanes of at least 4 members (excludes halogenated alkanes) is 6. The van der Waals surface area contributed by atoms with Gasteiger partial charge in [-0.15, -0.1) is 0 Å². The lowest BCUT2D eigenvalue weighted by molar-refractivity contribution is 0.661. The minimum atomic E-state index is 1.17. The SMILES string of the molecule is CCCCCCc1cc(CCCCCC)cc(-n2c3cc(C)ccc3c3c4cccc(C)c4ccc32)c1. The van der Waals surface area contributed by atoms with E-state index in [-0.39, 0.29) is 0 Å². The Kier molecular flexibility index (Phi) is 7.99. The Bertz CT molecular complexity index is 1490. The molecule has 0 saturated heterocycles. The number of hydrogen-bond donors (Lipinski definition) is 0. The number of aromatic nitrogens is 1. The summed E-state index contributed by atoms with van der Waals surface area (Å²) in [5, 5.41) is 5.46. The van der Waals surface area contributed by atoms with Gasteiger partial charge in [0, 0.05) is 16.5 Å². The second kappa shape index (κ2) is 11.5. The first-order valence-electron chi connectivity index (χ1n) is 14.7. The standard InChI is InChI=1S/C36H43N/c1-5-7-9-11-15-28-23-29(16-12-10-8-6-2)25-30(24-28)37-34-21-20-31-27(4)14-13-17-32(31)36(34)33-19-18-26(3)22-35(33)37/h13-14,17-25H,5-12,15-16H2,1-4H3. The maximum absolute atomic E-state index is 2.55. The van der Waals surface area contributed by atoms with E-state index in [4.69, 9.17) is 0 Å². The minimum Gasteiger partial charge on any atom is -0.309 e. The highest BCUT2D eigenvalue weighted by Crippen LogP contribution is 2.38. The highest BCUT2D eigenvalue weighted by molar-refractivity contribution is 6.21. The molecule has 1 nitrogen and oxygen atoms in total. The second-order valence-corrected chi connectivity index (χ2v) is 11.1. The van der Waals surface area contributed by atoms with Crippen LogP contribution in [0.2, 0.25) is 0 Å². The van der Waals surface area contributed by atoms with Crippen LogP contribution in [0.1, 0.15) is 87.5 Å². The summed E-state index contributed by atoms with van der Waals surface area (Å²) in [4.78, 5) is 0. The van der Waals surface area contributed by atoms with Crippen molar-refractivity contribution in [2.24, 2.45) is 0 Å². The van der Waals surface area contributed by atoms with E-state index in [1.165, 1.54) is 125 Å². The van der Waals surface area contributed by atoms with Crippen LogP contribution in [0.3, 0.4) is 0 Å². The van der Waals surface area contributed by atoms with E-state index in [1.54, 1.807) is 0 Å². The molecule has 0 amide bonds. The van der Waals surface area contributed by atoms with Crippen LogP contribution in [0.25, 0.3) is 38.3 Å².